The monoisotopic (exact) mass is 546 g/mol. The van der Waals surface area contributed by atoms with Crippen molar-refractivity contribution >= 4 is 39.4 Å². The lowest BCUT2D eigenvalue weighted by atomic mass is 10.1. The highest BCUT2D eigenvalue weighted by molar-refractivity contribution is 7.10. The number of H-pyrrole nitrogens is 1. The van der Waals surface area contributed by atoms with Gasteiger partial charge in [-0.05, 0) is 47.5 Å². The molecule has 3 aromatic carbocycles. The molecule has 2 heterocycles. The normalized spacial score (nSPS) is 11.0. The topological polar surface area (TPSA) is 93.5 Å². The molecule has 5 aromatic rings. The first-order valence-electron chi connectivity index (χ1n) is 11.7. The van der Waals surface area contributed by atoms with Crippen molar-refractivity contribution in [3.8, 4) is 28.6 Å². The quantitative estimate of drug-likeness (QED) is 0.239. The Bertz CT molecular complexity index is 1750. The predicted molar refractivity (Wildman–Crippen MR) is 152 cm³/mol. The van der Waals surface area contributed by atoms with Gasteiger partial charge in [-0.25, -0.2) is 0 Å². The van der Waals surface area contributed by atoms with Gasteiger partial charge in [-0.1, -0.05) is 65.9 Å². The van der Waals surface area contributed by atoms with Crippen LogP contribution in [0.3, 0.4) is 0 Å². The second-order valence-electron chi connectivity index (χ2n) is 8.48. The second-order valence-corrected chi connectivity index (χ2v) is 9.90. The molecule has 0 fully saturated rings. The molecule has 0 aliphatic carbocycles. The van der Waals surface area contributed by atoms with Crippen LogP contribution in [0.5, 0.6) is 17.4 Å². The Labute approximate surface area is 226 Å². The number of aromatic amines is 1. The third-order valence-electron chi connectivity index (χ3n) is 6.09. The van der Waals surface area contributed by atoms with Crippen molar-refractivity contribution < 1.29 is 14.6 Å². The lowest BCUT2D eigenvalue weighted by Gasteiger charge is -2.18. The highest BCUT2D eigenvalue weighted by Gasteiger charge is 2.18. The smallest absolute Gasteiger partial charge is 0.307 e. The summed E-state index contributed by atoms with van der Waals surface area (Å²) in [5.41, 5.74) is 3.34. The van der Waals surface area contributed by atoms with Gasteiger partial charge < -0.3 is 19.1 Å². The van der Waals surface area contributed by atoms with E-state index in [0.717, 1.165) is 28.0 Å². The van der Waals surface area contributed by atoms with Crippen molar-refractivity contribution in [1.29, 1.82) is 0 Å². The first-order chi connectivity index (χ1) is 18.3. The van der Waals surface area contributed by atoms with Crippen molar-refractivity contribution in [3.63, 3.8) is 0 Å². The standard InChI is InChI=1S/C29H23ClN2O5S/c1-17(27-28(34)31-29(35)38-27)18-9-13-21(14-10-18)36-15-16-37-26-24(19-7-11-20(30)12-8-19)32(2)23-6-4-3-5-22(23)25(26)33/h3-14,34H,1,15-16H2,2H3,(H,31,35). The van der Waals surface area contributed by atoms with E-state index in [1.54, 1.807) is 42.5 Å². The molecule has 0 bridgehead atoms. The van der Waals surface area contributed by atoms with Crippen molar-refractivity contribution in [1.82, 2.24) is 9.55 Å². The van der Waals surface area contributed by atoms with Crippen LogP contribution >= 0.6 is 22.9 Å². The summed E-state index contributed by atoms with van der Waals surface area (Å²) in [6.07, 6.45) is 0. The van der Waals surface area contributed by atoms with Gasteiger partial charge in [0, 0.05) is 23.0 Å². The van der Waals surface area contributed by atoms with E-state index >= 15 is 0 Å². The summed E-state index contributed by atoms with van der Waals surface area (Å²) in [5.74, 6) is 0.648. The summed E-state index contributed by atoms with van der Waals surface area (Å²) in [4.78, 5) is 27.3. The van der Waals surface area contributed by atoms with Gasteiger partial charge in [-0.15, -0.1) is 0 Å². The van der Waals surface area contributed by atoms with E-state index in [1.807, 2.05) is 41.9 Å². The fourth-order valence-electron chi connectivity index (χ4n) is 4.24. The Morgan fingerprint density at radius 1 is 1.00 bits per heavy atom. The summed E-state index contributed by atoms with van der Waals surface area (Å²) in [6.45, 7) is 4.33. The molecule has 0 saturated heterocycles. The number of nitrogens with one attached hydrogen (secondary N) is 1. The highest BCUT2D eigenvalue weighted by Crippen LogP contribution is 2.32. The Morgan fingerprint density at radius 3 is 2.37 bits per heavy atom. The number of para-hydroxylation sites is 1. The SMILES string of the molecule is C=C(c1ccc(OCCOc2c(-c3ccc(Cl)cc3)n(C)c3ccccc3c2=O)cc1)c1sc(=O)[nH]c1O. The maximum atomic E-state index is 13.4. The van der Waals surface area contributed by atoms with Gasteiger partial charge in [-0.2, -0.15) is 0 Å². The summed E-state index contributed by atoms with van der Waals surface area (Å²) >= 11 is 6.98. The Kier molecular flexibility index (Phi) is 7.09. The van der Waals surface area contributed by atoms with Gasteiger partial charge in [0.1, 0.15) is 19.0 Å². The van der Waals surface area contributed by atoms with Gasteiger partial charge in [0.25, 0.3) is 0 Å². The minimum atomic E-state index is -0.348. The van der Waals surface area contributed by atoms with Crippen LogP contribution in [0.25, 0.3) is 27.7 Å². The molecule has 5 rings (SSSR count). The predicted octanol–water partition coefficient (Wildman–Crippen LogP) is 5.83. The number of benzene rings is 3. The molecule has 0 unspecified atom stereocenters. The van der Waals surface area contributed by atoms with Crippen LogP contribution in [0, 0.1) is 0 Å². The Morgan fingerprint density at radius 2 is 1.68 bits per heavy atom. The summed E-state index contributed by atoms with van der Waals surface area (Å²) in [7, 11) is 1.90. The van der Waals surface area contributed by atoms with E-state index in [-0.39, 0.29) is 35.1 Å². The molecule has 0 saturated carbocycles. The number of aromatic hydroxyl groups is 1. The summed E-state index contributed by atoms with van der Waals surface area (Å²) < 4.78 is 13.8. The number of aromatic nitrogens is 2. The molecule has 9 heteroatoms. The molecular weight excluding hydrogens is 524 g/mol. The lowest BCUT2D eigenvalue weighted by Crippen LogP contribution is -2.18. The molecule has 0 radical (unpaired) electrons. The van der Waals surface area contributed by atoms with E-state index in [4.69, 9.17) is 21.1 Å². The molecule has 2 aromatic heterocycles. The van der Waals surface area contributed by atoms with Crippen molar-refractivity contribution in [3.05, 3.63) is 115 Å². The average Bonchev–Trinajstić information content (AvgIpc) is 3.27. The van der Waals surface area contributed by atoms with Gasteiger partial charge >= 0.3 is 4.87 Å². The number of hydrogen-bond donors (Lipinski definition) is 2. The first kappa shape index (κ1) is 25.4. The van der Waals surface area contributed by atoms with Crippen LogP contribution in [0.1, 0.15) is 10.4 Å². The van der Waals surface area contributed by atoms with Crippen LogP contribution in [0.4, 0.5) is 0 Å². The number of halogens is 1. The third kappa shape index (κ3) is 4.96. The number of aryl methyl sites for hydroxylation is 1. The molecule has 0 amide bonds. The molecule has 192 valence electrons. The minimum Gasteiger partial charge on any atom is -0.493 e. The number of nitrogens with zero attached hydrogens (tertiary/aromatic N) is 1. The third-order valence-corrected chi connectivity index (χ3v) is 7.27. The molecule has 7 nitrogen and oxygen atoms in total. The number of fused-ring (bicyclic) bond motifs is 1. The van der Waals surface area contributed by atoms with E-state index in [0.29, 0.717) is 32.3 Å². The van der Waals surface area contributed by atoms with Gasteiger partial charge in [-0.3, -0.25) is 14.6 Å². The molecular formula is C29H23ClN2O5S. The van der Waals surface area contributed by atoms with Gasteiger partial charge in [0.15, 0.2) is 5.75 Å². The molecule has 0 atom stereocenters. The zero-order valence-corrected chi connectivity index (χ0v) is 21.9. The van der Waals surface area contributed by atoms with Crippen LogP contribution in [-0.4, -0.2) is 27.9 Å². The number of thiazole rings is 1. The molecule has 0 aliphatic heterocycles. The lowest BCUT2D eigenvalue weighted by molar-refractivity contribution is 0.216. The highest BCUT2D eigenvalue weighted by atomic mass is 35.5. The minimum absolute atomic E-state index is 0.147. The fourth-order valence-corrected chi connectivity index (χ4v) is 5.09. The molecule has 0 spiro atoms. The molecule has 2 N–H and O–H groups in total. The second kappa shape index (κ2) is 10.6. The maximum absolute atomic E-state index is 13.4. The largest absolute Gasteiger partial charge is 0.493 e. The van der Waals surface area contributed by atoms with E-state index in [1.165, 1.54) is 0 Å². The zero-order valence-electron chi connectivity index (χ0n) is 20.4. The Hall–Kier alpha value is -4.27. The number of hydrogen-bond acceptors (Lipinski definition) is 6. The summed E-state index contributed by atoms with van der Waals surface area (Å²) in [5, 5.41) is 11.1. The molecule has 0 aliphatic rings. The van der Waals surface area contributed by atoms with E-state index < -0.39 is 0 Å². The van der Waals surface area contributed by atoms with Crippen LogP contribution in [0.2, 0.25) is 5.02 Å². The van der Waals surface area contributed by atoms with E-state index in [9.17, 15) is 14.7 Å². The van der Waals surface area contributed by atoms with Crippen molar-refractivity contribution in [2.24, 2.45) is 7.05 Å². The fraction of sp³-hybridized carbons (Fsp3) is 0.103. The first-order valence-corrected chi connectivity index (χ1v) is 12.9. The van der Waals surface area contributed by atoms with Gasteiger partial charge in [0.2, 0.25) is 11.3 Å². The molecule has 38 heavy (non-hydrogen) atoms. The number of ether oxygens (including phenoxy) is 2. The van der Waals surface area contributed by atoms with Crippen molar-refractivity contribution in [2.45, 2.75) is 0 Å². The van der Waals surface area contributed by atoms with Crippen molar-refractivity contribution in [2.75, 3.05) is 13.2 Å². The van der Waals surface area contributed by atoms with Crippen LogP contribution < -0.4 is 19.8 Å². The van der Waals surface area contributed by atoms with E-state index in [2.05, 4.69) is 11.6 Å². The van der Waals surface area contributed by atoms with Crippen LogP contribution in [0.15, 0.2) is 89.0 Å². The maximum Gasteiger partial charge on any atom is 0.307 e. The number of rotatable bonds is 8. The van der Waals surface area contributed by atoms with Crippen LogP contribution in [-0.2, 0) is 7.05 Å². The Balaban J connectivity index is 1.33. The number of pyridine rings is 1. The summed E-state index contributed by atoms with van der Waals surface area (Å²) in [6, 6.07) is 21.8. The van der Waals surface area contributed by atoms with Gasteiger partial charge in [0.05, 0.1) is 16.1 Å². The average molecular weight is 547 g/mol. The zero-order chi connectivity index (χ0) is 26.8.